The summed E-state index contributed by atoms with van der Waals surface area (Å²) in [5.74, 6) is -8.25. The summed E-state index contributed by atoms with van der Waals surface area (Å²) >= 11 is 0. The quantitative estimate of drug-likeness (QED) is 0.593. The van der Waals surface area contributed by atoms with Crippen LogP contribution in [0.15, 0.2) is 24.3 Å². The van der Waals surface area contributed by atoms with Crippen molar-refractivity contribution in [2.24, 2.45) is 0 Å². The fourth-order valence-electron chi connectivity index (χ4n) is 1.12. The van der Waals surface area contributed by atoms with Gasteiger partial charge in [-0.15, -0.1) is 0 Å². The first kappa shape index (κ1) is 15.4. The lowest BCUT2D eigenvalue weighted by Gasteiger charge is -2.18. The van der Waals surface area contributed by atoms with Gasteiger partial charge in [-0.05, 0) is 12.1 Å². The summed E-state index contributed by atoms with van der Waals surface area (Å²) < 4.78 is 97.3. The van der Waals surface area contributed by atoms with Crippen molar-refractivity contribution in [1.82, 2.24) is 0 Å². The summed E-state index contributed by atoms with van der Waals surface area (Å²) in [6.07, 6.45) is -10.9. The van der Waals surface area contributed by atoms with Gasteiger partial charge < -0.3 is 0 Å². The average molecular weight is 292 g/mol. The van der Waals surface area contributed by atoms with E-state index in [0.29, 0.717) is 0 Å². The van der Waals surface area contributed by atoms with E-state index >= 15 is 0 Å². The van der Waals surface area contributed by atoms with Gasteiger partial charge in [-0.25, -0.2) is 0 Å². The predicted octanol–water partition coefficient (Wildman–Crippen LogP) is 4.09. The maximum Gasteiger partial charge on any atom is 0.461 e. The van der Waals surface area contributed by atoms with Crippen molar-refractivity contribution in [3.8, 4) is 0 Å². The second-order valence-electron chi connectivity index (χ2n) is 3.48. The lowest BCUT2D eigenvalue weighted by molar-refractivity contribution is -0.255. The molecule has 0 fully saturated rings. The number of rotatable bonds is 2. The Labute approximate surface area is 100 Å². The van der Waals surface area contributed by atoms with E-state index in [2.05, 4.69) is 0 Å². The van der Waals surface area contributed by atoms with Crippen LogP contribution in [0.4, 0.5) is 35.1 Å². The number of carbonyl (C=O) groups is 1. The maximum atomic E-state index is 12.6. The van der Waals surface area contributed by atoms with E-state index in [1.807, 2.05) is 0 Å². The van der Waals surface area contributed by atoms with Crippen LogP contribution in [0.5, 0.6) is 0 Å². The molecule has 0 aliphatic carbocycles. The van der Waals surface area contributed by atoms with Crippen LogP contribution in [0.1, 0.15) is 15.9 Å². The zero-order valence-corrected chi connectivity index (χ0v) is 8.74. The fraction of sp³-hybridized carbons (Fsp3) is 0.300. The highest BCUT2D eigenvalue weighted by molar-refractivity contribution is 6.01. The molecular formula is C10H4F8O. The summed E-state index contributed by atoms with van der Waals surface area (Å²) in [6, 6.07) is 1.04. The number of halogens is 8. The van der Waals surface area contributed by atoms with Crippen LogP contribution in [0.3, 0.4) is 0 Å². The Balaban J connectivity index is 3.10. The van der Waals surface area contributed by atoms with Crippen molar-refractivity contribution in [3.63, 3.8) is 0 Å². The van der Waals surface area contributed by atoms with Crippen molar-refractivity contribution < 1.29 is 39.9 Å². The molecule has 0 saturated carbocycles. The van der Waals surface area contributed by atoms with Crippen molar-refractivity contribution in [3.05, 3.63) is 35.4 Å². The van der Waals surface area contributed by atoms with Gasteiger partial charge in [0.15, 0.2) is 0 Å². The van der Waals surface area contributed by atoms with Gasteiger partial charge in [0.2, 0.25) is 5.78 Å². The molecule has 1 nitrogen and oxygen atoms in total. The first-order chi connectivity index (χ1) is 8.37. The molecule has 0 atom stereocenters. The van der Waals surface area contributed by atoms with Gasteiger partial charge in [0.05, 0.1) is 5.56 Å². The monoisotopic (exact) mass is 292 g/mol. The van der Waals surface area contributed by atoms with E-state index in [9.17, 15) is 39.9 Å². The Morgan fingerprint density at radius 3 is 1.53 bits per heavy atom. The van der Waals surface area contributed by atoms with Gasteiger partial charge in [-0.2, -0.15) is 35.1 Å². The number of benzene rings is 1. The fourth-order valence-corrected chi connectivity index (χ4v) is 1.12. The van der Waals surface area contributed by atoms with Gasteiger partial charge in [0.25, 0.3) is 0 Å². The van der Waals surface area contributed by atoms with Crippen LogP contribution in [-0.2, 0) is 6.18 Å². The smallest absolute Gasteiger partial charge is 0.287 e. The van der Waals surface area contributed by atoms with E-state index < -0.39 is 35.2 Å². The third kappa shape index (κ3) is 3.02. The van der Waals surface area contributed by atoms with Crippen molar-refractivity contribution in [1.29, 1.82) is 0 Å². The van der Waals surface area contributed by atoms with Crippen molar-refractivity contribution >= 4 is 5.78 Å². The predicted molar refractivity (Wildman–Crippen MR) is 46.8 cm³/mol. The molecule has 106 valence electrons. The molecule has 0 spiro atoms. The Hall–Kier alpha value is -1.67. The largest absolute Gasteiger partial charge is 0.461 e. The van der Waals surface area contributed by atoms with E-state index in [0.717, 1.165) is 0 Å². The van der Waals surface area contributed by atoms with E-state index in [-0.39, 0.29) is 24.3 Å². The Morgan fingerprint density at radius 2 is 1.21 bits per heavy atom. The third-order valence-electron chi connectivity index (χ3n) is 2.12. The van der Waals surface area contributed by atoms with Gasteiger partial charge in [0.1, 0.15) is 0 Å². The second-order valence-corrected chi connectivity index (χ2v) is 3.48. The van der Waals surface area contributed by atoms with E-state index in [1.54, 1.807) is 0 Å². The minimum absolute atomic E-state index is 0.250. The first-order valence-corrected chi connectivity index (χ1v) is 4.54. The molecule has 0 bridgehead atoms. The minimum atomic E-state index is -6.10. The topological polar surface area (TPSA) is 17.1 Å². The molecule has 0 radical (unpaired) electrons. The lowest BCUT2D eigenvalue weighted by atomic mass is 10.0. The number of alkyl halides is 8. The average Bonchev–Trinajstić information content (AvgIpc) is 2.25. The van der Waals surface area contributed by atoms with E-state index in [1.165, 1.54) is 0 Å². The number of Topliss-reactive ketones (excluding diaryl/α,β-unsaturated/α-hetero) is 1. The molecule has 0 aliphatic rings. The van der Waals surface area contributed by atoms with E-state index in [4.69, 9.17) is 0 Å². The lowest BCUT2D eigenvalue weighted by Crippen LogP contribution is -2.44. The van der Waals surface area contributed by atoms with Crippen LogP contribution < -0.4 is 0 Å². The molecule has 1 rings (SSSR count). The number of ketones is 1. The number of carbonyl (C=O) groups excluding carboxylic acids is 1. The highest BCUT2D eigenvalue weighted by atomic mass is 19.4. The molecule has 0 unspecified atom stereocenters. The first-order valence-electron chi connectivity index (χ1n) is 4.54. The molecule has 0 N–H and O–H groups in total. The Kier molecular flexibility index (Phi) is 3.61. The highest BCUT2D eigenvalue weighted by Crippen LogP contribution is 2.38. The minimum Gasteiger partial charge on any atom is -0.287 e. The zero-order valence-electron chi connectivity index (χ0n) is 8.74. The van der Waals surface area contributed by atoms with Gasteiger partial charge in [0, 0.05) is 5.56 Å². The molecular weight excluding hydrogens is 288 g/mol. The van der Waals surface area contributed by atoms with Crippen molar-refractivity contribution in [2.45, 2.75) is 18.3 Å². The molecule has 0 heterocycles. The van der Waals surface area contributed by atoms with Crippen LogP contribution in [0.2, 0.25) is 0 Å². The maximum absolute atomic E-state index is 12.6. The normalized spacial score (nSPS) is 13.5. The Bertz CT molecular complexity index is 468. The summed E-state index contributed by atoms with van der Waals surface area (Å²) in [5, 5.41) is 0. The number of hydrogen-bond donors (Lipinski definition) is 0. The molecule has 1 aromatic rings. The van der Waals surface area contributed by atoms with Crippen LogP contribution in [0.25, 0.3) is 0 Å². The van der Waals surface area contributed by atoms with Crippen molar-refractivity contribution in [2.75, 3.05) is 0 Å². The van der Waals surface area contributed by atoms with Gasteiger partial charge in [-0.1, -0.05) is 12.1 Å². The van der Waals surface area contributed by atoms with Crippen LogP contribution >= 0.6 is 0 Å². The second kappa shape index (κ2) is 4.46. The van der Waals surface area contributed by atoms with Crippen LogP contribution in [0, 0.1) is 0 Å². The summed E-state index contributed by atoms with van der Waals surface area (Å²) in [4.78, 5) is 10.9. The number of hydrogen-bond acceptors (Lipinski definition) is 1. The summed E-state index contributed by atoms with van der Waals surface area (Å²) in [5.41, 5.74) is -2.42. The highest BCUT2D eigenvalue weighted by Gasteiger charge is 2.63. The molecule has 19 heavy (non-hydrogen) atoms. The molecule has 0 saturated heterocycles. The van der Waals surface area contributed by atoms with Gasteiger partial charge in [-0.3, -0.25) is 4.79 Å². The molecule has 0 aromatic heterocycles. The molecule has 0 amide bonds. The van der Waals surface area contributed by atoms with Gasteiger partial charge >= 0.3 is 18.3 Å². The zero-order chi connectivity index (χ0) is 15.1. The molecule has 9 heteroatoms. The SMILES string of the molecule is O=C(c1ccc(C(F)(F)F)cc1)C(F)(F)C(F)(F)F. The molecule has 0 aliphatic heterocycles. The standard InChI is InChI=1S/C10H4F8O/c11-8(12,10(16,17)18)7(19)5-1-3-6(4-2-5)9(13,14)15/h1-4H. The summed E-state index contributed by atoms with van der Waals surface area (Å²) in [7, 11) is 0. The summed E-state index contributed by atoms with van der Waals surface area (Å²) in [6.45, 7) is 0. The van der Waals surface area contributed by atoms with Crippen LogP contribution in [-0.4, -0.2) is 17.9 Å². The Morgan fingerprint density at radius 1 is 0.789 bits per heavy atom. The molecule has 1 aromatic carbocycles. The third-order valence-corrected chi connectivity index (χ3v) is 2.12.